The molecule has 2 amide bonds. The van der Waals surface area contributed by atoms with Crippen molar-refractivity contribution in [2.45, 2.75) is 64.6 Å². The molecule has 0 spiro atoms. The van der Waals surface area contributed by atoms with Crippen LogP contribution in [0.3, 0.4) is 0 Å². The summed E-state index contributed by atoms with van der Waals surface area (Å²) in [4.78, 5) is 27.8. The molecule has 2 aromatic rings. The highest BCUT2D eigenvalue weighted by Crippen LogP contribution is 2.24. The third-order valence-corrected chi connectivity index (χ3v) is 6.55. The number of halogens is 2. The number of nitrogens with one attached hydrogen (secondary N) is 1. The van der Waals surface area contributed by atoms with Gasteiger partial charge < -0.3 is 10.2 Å². The summed E-state index contributed by atoms with van der Waals surface area (Å²) >= 11 is 12.2. The summed E-state index contributed by atoms with van der Waals surface area (Å²) in [5.41, 5.74) is 2.86. The maximum atomic E-state index is 13.3. The van der Waals surface area contributed by atoms with E-state index in [4.69, 9.17) is 23.2 Å². The number of benzene rings is 2. The van der Waals surface area contributed by atoms with Crippen LogP contribution in [-0.4, -0.2) is 28.8 Å². The molecule has 0 saturated heterocycles. The quantitative estimate of drug-likeness (QED) is 0.625. The Hall–Kier alpha value is -2.04. The highest BCUT2D eigenvalue weighted by atomic mass is 35.5. The molecule has 160 valence electrons. The van der Waals surface area contributed by atoms with Crippen molar-refractivity contribution in [3.63, 3.8) is 0 Å². The van der Waals surface area contributed by atoms with E-state index in [0.717, 1.165) is 42.4 Å². The van der Waals surface area contributed by atoms with Crippen LogP contribution in [0.2, 0.25) is 10.0 Å². The van der Waals surface area contributed by atoms with Crippen molar-refractivity contribution in [1.29, 1.82) is 0 Å². The zero-order valence-electron chi connectivity index (χ0n) is 17.5. The number of aryl methyl sites for hydroxylation is 1. The first-order chi connectivity index (χ1) is 14.3. The van der Waals surface area contributed by atoms with Gasteiger partial charge in [-0.1, -0.05) is 66.4 Å². The van der Waals surface area contributed by atoms with Crippen molar-refractivity contribution in [2.75, 3.05) is 0 Å². The second kappa shape index (κ2) is 10.3. The summed E-state index contributed by atoms with van der Waals surface area (Å²) in [6, 6.07) is 12.7. The van der Waals surface area contributed by atoms with Crippen LogP contribution in [-0.2, 0) is 22.6 Å². The normalized spacial score (nSPS) is 15.1. The van der Waals surface area contributed by atoms with Gasteiger partial charge in [0.1, 0.15) is 6.04 Å². The number of hydrogen-bond acceptors (Lipinski definition) is 2. The van der Waals surface area contributed by atoms with Crippen LogP contribution in [0.15, 0.2) is 42.5 Å². The average Bonchev–Trinajstić information content (AvgIpc) is 3.23. The van der Waals surface area contributed by atoms with Crippen LogP contribution >= 0.6 is 23.2 Å². The van der Waals surface area contributed by atoms with Crippen LogP contribution in [0.4, 0.5) is 0 Å². The minimum atomic E-state index is -0.587. The molecule has 1 atom stereocenters. The Kier molecular flexibility index (Phi) is 7.79. The molecule has 4 nitrogen and oxygen atoms in total. The molecule has 3 rings (SSSR count). The van der Waals surface area contributed by atoms with Crippen molar-refractivity contribution < 1.29 is 9.59 Å². The van der Waals surface area contributed by atoms with E-state index >= 15 is 0 Å². The summed E-state index contributed by atoms with van der Waals surface area (Å²) in [5.74, 6) is -0.204. The van der Waals surface area contributed by atoms with Gasteiger partial charge in [-0.2, -0.15) is 0 Å². The van der Waals surface area contributed by atoms with Gasteiger partial charge >= 0.3 is 0 Å². The predicted octanol–water partition coefficient (Wildman–Crippen LogP) is 5.32. The van der Waals surface area contributed by atoms with Crippen LogP contribution in [0.25, 0.3) is 0 Å². The number of carbonyl (C=O) groups is 2. The van der Waals surface area contributed by atoms with Crippen LogP contribution in [0.5, 0.6) is 0 Å². The van der Waals surface area contributed by atoms with E-state index in [-0.39, 0.29) is 24.3 Å². The Bertz CT molecular complexity index is 910. The van der Waals surface area contributed by atoms with Gasteiger partial charge in [-0.3, -0.25) is 9.59 Å². The van der Waals surface area contributed by atoms with Crippen molar-refractivity contribution >= 4 is 35.0 Å². The van der Waals surface area contributed by atoms with Crippen molar-refractivity contribution in [3.8, 4) is 0 Å². The molecule has 0 aromatic heterocycles. The van der Waals surface area contributed by atoms with E-state index < -0.39 is 6.04 Å². The first-order valence-corrected chi connectivity index (χ1v) is 11.2. The minimum absolute atomic E-state index is 0.0931. The molecule has 1 fully saturated rings. The van der Waals surface area contributed by atoms with Gasteiger partial charge in [0.2, 0.25) is 11.8 Å². The van der Waals surface area contributed by atoms with E-state index in [9.17, 15) is 9.59 Å². The fraction of sp³-hybridized carbons (Fsp3) is 0.417. The number of hydrogen-bond donors (Lipinski definition) is 1. The molecule has 2 aromatic carbocycles. The molecule has 1 unspecified atom stereocenters. The molecular weight excluding hydrogens is 419 g/mol. The second-order valence-electron chi connectivity index (χ2n) is 8.04. The Balaban J connectivity index is 1.80. The van der Waals surface area contributed by atoms with E-state index in [1.165, 1.54) is 0 Å². The van der Waals surface area contributed by atoms with Gasteiger partial charge in [-0.15, -0.1) is 0 Å². The molecule has 1 aliphatic rings. The van der Waals surface area contributed by atoms with E-state index in [1.807, 2.05) is 37.3 Å². The predicted molar refractivity (Wildman–Crippen MR) is 122 cm³/mol. The summed E-state index contributed by atoms with van der Waals surface area (Å²) in [5, 5.41) is 4.01. The van der Waals surface area contributed by atoms with Gasteiger partial charge in [0.25, 0.3) is 0 Å². The van der Waals surface area contributed by atoms with Crippen molar-refractivity contribution in [1.82, 2.24) is 10.2 Å². The van der Waals surface area contributed by atoms with Gasteiger partial charge in [0.15, 0.2) is 0 Å². The summed E-state index contributed by atoms with van der Waals surface area (Å²) in [6.45, 7) is 4.07. The molecule has 1 N–H and O–H groups in total. The van der Waals surface area contributed by atoms with E-state index in [0.29, 0.717) is 16.6 Å². The lowest BCUT2D eigenvalue weighted by atomic mass is 10.0. The van der Waals surface area contributed by atoms with Gasteiger partial charge in [0, 0.05) is 12.6 Å². The molecule has 6 heteroatoms. The Labute approximate surface area is 188 Å². The molecule has 0 aliphatic heterocycles. The highest BCUT2D eigenvalue weighted by molar-refractivity contribution is 6.42. The lowest BCUT2D eigenvalue weighted by Gasteiger charge is -2.30. The fourth-order valence-corrected chi connectivity index (χ4v) is 4.20. The lowest BCUT2D eigenvalue weighted by Crippen LogP contribution is -2.50. The van der Waals surface area contributed by atoms with Crippen molar-refractivity contribution in [3.05, 3.63) is 69.2 Å². The number of nitrogens with zero attached hydrogens (tertiary/aromatic N) is 1. The molecular formula is C24H28Cl2N2O2. The van der Waals surface area contributed by atoms with Crippen LogP contribution in [0.1, 0.15) is 49.3 Å². The molecule has 0 radical (unpaired) electrons. The van der Waals surface area contributed by atoms with Crippen molar-refractivity contribution in [2.24, 2.45) is 0 Å². The van der Waals surface area contributed by atoms with Gasteiger partial charge in [-0.25, -0.2) is 0 Å². The molecule has 30 heavy (non-hydrogen) atoms. The Morgan fingerprint density at radius 2 is 1.80 bits per heavy atom. The number of rotatable bonds is 7. The summed E-state index contributed by atoms with van der Waals surface area (Å²) in [7, 11) is 0. The lowest BCUT2D eigenvalue weighted by molar-refractivity contribution is -0.140. The van der Waals surface area contributed by atoms with E-state index in [1.54, 1.807) is 24.0 Å². The second-order valence-corrected chi connectivity index (χ2v) is 8.85. The third-order valence-electron chi connectivity index (χ3n) is 5.81. The highest BCUT2D eigenvalue weighted by Gasteiger charge is 2.28. The van der Waals surface area contributed by atoms with Crippen LogP contribution in [0, 0.1) is 6.92 Å². The first kappa shape index (κ1) is 22.6. The van der Waals surface area contributed by atoms with Gasteiger partial charge in [0.05, 0.1) is 16.5 Å². The molecule has 0 bridgehead atoms. The summed E-state index contributed by atoms with van der Waals surface area (Å²) < 4.78 is 0. The SMILES string of the molecule is Cc1ccccc1CC(=O)N(Cc1ccc(Cl)c(Cl)c1)C(C)C(=O)NC1CCCC1. The third kappa shape index (κ3) is 5.77. The molecule has 1 saturated carbocycles. The fourth-order valence-electron chi connectivity index (χ4n) is 3.88. The maximum Gasteiger partial charge on any atom is 0.242 e. The Morgan fingerprint density at radius 1 is 1.10 bits per heavy atom. The number of amides is 2. The minimum Gasteiger partial charge on any atom is -0.352 e. The smallest absolute Gasteiger partial charge is 0.242 e. The van der Waals surface area contributed by atoms with E-state index in [2.05, 4.69) is 5.32 Å². The topological polar surface area (TPSA) is 49.4 Å². The first-order valence-electron chi connectivity index (χ1n) is 10.4. The monoisotopic (exact) mass is 446 g/mol. The zero-order chi connectivity index (χ0) is 21.7. The maximum absolute atomic E-state index is 13.3. The van der Waals surface area contributed by atoms with Gasteiger partial charge in [-0.05, 0) is 55.5 Å². The summed E-state index contributed by atoms with van der Waals surface area (Å²) in [6.07, 6.45) is 4.52. The standard InChI is InChI=1S/C24H28Cl2N2O2/c1-16-7-3-4-8-19(16)14-23(29)28(15-18-11-12-21(25)22(26)13-18)17(2)24(30)27-20-9-5-6-10-20/h3-4,7-8,11-13,17,20H,5-6,9-10,14-15H2,1-2H3,(H,27,30). The largest absolute Gasteiger partial charge is 0.352 e. The van der Waals surface area contributed by atoms with Crippen LogP contribution < -0.4 is 5.32 Å². The Morgan fingerprint density at radius 3 is 2.47 bits per heavy atom. The molecule has 1 aliphatic carbocycles. The molecule has 0 heterocycles. The zero-order valence-corrected chi connectivity index (χ0v) is 19.0. The average molecular weight is 447 g/mol. The number of carbonyl (C=O) groups excluding carboxylic acids is 2.